The number of hydrogen-bond donors (Lipinski definition) is 0. The van der Waals surface area contributed by atoms with Crippen LogP contribution in [0.3, 0.4) is 0 Å². The van der Waals surface area contributed by atoms with Crippen LogP contribution in [0.4, 0.5) is 0 Å². The van der Waals surface area contributed by atoms with Crippen molar-refractivity contribution in [3.8, 4) is 0 Å². The molecule has 1 unspecified atom stereocenters. The Morgan fingerprint density at radius 3 is 2.53 bits per heavy atom. The molecule has 4 nitrogen and oxygen atoms in total. The SMILES string of the molecule is COC(=O)C(Cc1ccccc1Br)OC(C)=O. The molecule has 0 heterocycles. The summed E-state index contributed by atoms with van der Waals surface area (Å²) in [5, 5.41) is 0. The molecule has 0 saturated carbocycles. The van der Waals surface area contributed by atoms with Gasteiger partial charge in [-0.1, -0.05) is 34.1 Å². The number of ether oxygens (including phenoxy) is 2. The maximum absolute atomic E-state index is 11.4. The molecular formula is C12H13BrO4. The van der Waals surface area contributed by atoms with Crippen molar-refractivity contribution >= 4 is 27.9 Å². The van der Waals surface area contributed by atoms with Crippen molar-refractivity contribution in [1.82, 2.24) is 0 Å². The van der Waals surface area contributed by atoms with E-state index in [2.05, 4.69) is 20.7 Å². The fourth-order valence-corrected chi connectivity index (χ4v) is 1.82. The van der Waals surface area contributed by atoms with Gasteiger partial charge in [0.15, 0.2) is 0 Å². The molecule has 0 aliphatic rings. The molecule has 17 heavy (non-hydrogen) atoms. The van der Waals surface area contributed by atoms with Gasteiger partial charge in [0.05, 0.1) is 7.11 Å². The Kier molecular flexibility index (Phi) is 5.15. The van der Waals surface area contributed by atoms with Gasteiger partial charge in [-0.25, -0.2) is 4.79 Å². The third-order valence-electron chi connectivity index (χ3n) is 2.14. The van der Waals surface area contributed by atoms with Gasteiger partial charge in [0.1, 0.15) is 0 Å². The summed E-state index contributed by atoms with van der Waals surface area (Å²) in [6, 6.07) is 7.43. The zero-order valence-electron chi connectivity index (χ0n) is 9.60. The normalized spacial score (nSPS) is 11.7. The number of carbonyl (C=O) groups excluding carboxylic acids is 2. The molecule has 0 saturated heterocycles. The van der Waals surface area contributed by atoms with E-state index in [-0.39, 0.29) is 6.42 Å². The molecule has 0 aliphatic heterocycles. The smallest absolute Gasteiger partial charge is 0.347 e. The highest BCUT2D eigenvalue weighted by molar-refractivity contribution is 9.10. The van der Waals surface area contributed by atoms with Gasteiger partial charge in [-0.05, 0) is 11.6 Å². The lowest BCUT2D eigenvalue weighted by Crippen LogP contribution is -2.29. The van der Waals surface area contributed by atoms with Gasteiger partial charge in [0.2, 0.25) is 6.10 Å². The van der Waals surface area contributed by atoms with Crippen molar-refractivity contribution in [2.24, 2.45) is 0 Å². The predicted octanol–water partition coefficient (Wildman–Crippen LogP) is 2.10. The summed E-state index contributed by atoms with van der Waals surface area (Å²) in [5.74, 6) is -1.07. The van der Waals surface area contributed by atoms with E-state index < -0.39 is 18.0 Å². The van der Waals surface area contributed by atoms with Crippen molar-refractivity contribution in [3.05, 3.63) is 34.3 Å². The highest BCUT2D eigenvalue weighted by Crippen LogP contribution is 2.18. The maximum atomic E-state index is 11.4. The van der Waals surface area contributed by atoms with Gasteiger partial charge < -0.3 is 9.47 Å². The Morgan fingerprint density at radius 1 is 1.35 bits per heavy atom. The Balaban J connectivity index is 2.82. The van der Waals surface area contributed by atoms with Gasteiger partial charge in [-0.15, -0.1) is 0 Å². The summed E-state index contributed by atoms with van der Waals surface area (Å²) in [6.07, 6.45) is -0.621. The van der Waals surface area contributed by atoms with Crippen LogP contribution in [-0.2, 0) is 25.5 Å². The Hall–Kier alpha value is -1.36. The molecule has 0 aromatic heterocycles. The summed E-state index contributed by atoms with van der Waals surface area (Å²) >= 11 is 3.37. The predicted molar refractivity (Wildman–Crippen MR) is 65.4 cm³/mol. The lowest BCUT2D eigenvalue weighted by Gasteiger charge is -2.15. The summed E-state index contributed by atoms with van der Waals surface area (Å²) < 4.78 is 10.4. The van der Waals surface area contributed by atoms with E-state index in [0.717, 1.165) is 10.0 Å². The van der Waals surface area contributed by atoms with Crippen LogP contribution in [0.15, 0.2) is 28.7 Å². The van der Waals surface area contributed by atoms with Crippen molar-refractivity contribution in [3.63, 3.8) is 0 Å². The first-order valence-electron chi connectivity index (χ1n) is 5.03. The standard InChI is InChI=1S/C12H13BrO4/c1-8(14)17-11(12(15)16-2)7-9-5-3-4-6-10(9)13/h3-6,11H,7H2,1-2H3. The van der Waals surface area contributed by atoms with Crippen molar-refractivity contribution in [2.75, 3.05) is 7.11 Å². The molecule has 0 fully saturated rings. The zero-order chi connectivity index (χ0) is 12.8. The number of methoxy groups -OCH3 is 1. The first-order chi connectivity index (χ1) is 8.04. The van der Waals surface area contributed by atoms with E-state index in [1.165, 1.54) is 14.0 Å². The molecule has 0 bridgehead atoms. The van der Waals surface area contributed by atoms with E-state index in [1.807, 2.05) is 24.3 Å². The minimum Gasteiger partial charge on any atom is -0.466 e. The first kappa shape index (κ1) is 13.7. The molecule has 0 radical (unpaired) electrons. The van der Waals surface area contributed by atoms with E-state index in [9.17, 15) is 9.59 Å². The van der Waals surface area contributed by atoms with Crippen LogP contribution in [-0.4, -0.2) is 25.2 Å². The van der Waals surface area contributed by atoms with Gasteiger partial charge in [-0.2, -0.15) is 0 Å². The molecule has 92 valence electrons. The third kappa shape index (κ3) is 4.19. The van der Waals surface area contributed by atoms with Crippen LogP contribution in [0, 0.1) is 0 Å². The van der Waals surface area contributed by atoms with Gasteiger partial charge in [-0.3, -0.25) is 4.79 Å². The van der Waals surface area contributed by atoms with Crippen molar-refractivity contribution < 1.29 is 19.1 Å². The van der Waals surface area contributed by atoms with Crippen molar-refractivity contribution in [2.45, 2.75) is 19.4 Å². The Morgan fingerprint density at radius 2 is 2.00 bits per heavy atom. The largest absolute Gasteiger partial charge is 0.466 e. The second-order valence-electron chi connectivity index (χ2n) is 3.42. The number of benzene rings is 1. The molecule has 5 heteroatoms. The third-order valence-corrected chi connectivity index (χ3v) is 2.91. The average Bonchev–Trinajstić information content (AvgIpc) is 2.29. The number of carbonyl (C=O) groups is 2. The molecule has 0 amide bonds. The molecule has 1 atom stereocenters. The minimum absolute atomic E-state index is 0.285. The van der Waals surface area contributed by atoms with E-state index in [0.29, 0.717) is 0 Å². The topological polar surface area (TPSA) is 52.6 Å². The van der Waals surface area contributed by atoms with Crippen LogP contribution < -0.4 is 0 Å². The monoisotopic (exact) mass is 300 g/mol. The van der Waals surface area contributed by atoms with Crippen LogP contribution in [0.2, 0.25) is 0 Å². The second kappa shape index (κ2) is 6.39. The quantitative estimate of drug-likeness (QED) is 0.799. The summed E-state index contributed by atoms with van der Waals surface area (Å²) in [4.78, 5) is 22.4. The van der Waals surface area contributed by atoms with E-state index in [4.69, 9.17) is 4.74 Å². The van der Waals surface area contributed by atoms with Gasteiger partial charge >= 0.3 is 11.9 Å². The van der Waals surface area contributed by atoms with Crippen molar-refractivity contribution in [1.29, 1.82) is 0 Å². The van der Waals surface area contributed by atoms with Gasteiger partial charge in [0.25, 0.3) is 0 Å². The average molecular weight is 301 g/mol. The number of hydrogen-bond acceptors (Lipinski definition) is 4. The highest BCUT2D eigenvalue weighted by atomic mass is 79.9. The van der Waals surface area contributed by atoms with Crippen LogP contribution >= 0.6 is 15.9 Å². The Bertz CT molecular complexity index is 417. The fourth-order valence-electron chi connectivity index (χ4n) is 1.37. The number of rotatable bonds is 4. The lowest BCUT2D eigenvalue weighted by molar-refractivity contribution is -0.164. The summed E-state index contributed by atoms with van der Waals surface area (Å²) in [5.41, 5.74) is 0.879. The molecule has 1 aromatic carbocycles. The molecule has 0 spiro atoms. The first-order valence-corrected chi connectivity index (χ1v) is 5.82. The number of halogens is 1. The Labute approximate surface area is 108 Å². The van der Waals surface area contributed by atoms with Crippen LogP contribution in [0.5, 0.6) is 0 Å². The fraction of sp³-hybridized carbons (Fsp3) is 0.333. The zero-order valence-corrected chi connectivity index (χ0v) is 11.2. The van der Waals surface area contributed by atoms with Crippen LogP contribution in [0.1, 0.15) is 12.5 Å². The second-order valence-corrected chi connectivity index (χ2v) is 4.27. The maximum Gasteiger partial charge on any atom is 0.347 e. The van der Waals surface area contributed by atoms with E-state index >= 15 is 0 Å². The molecule has 0 aliphatic carbocycles. The highest BCUT2D eigenvalue weighted by Gasteiger charge is 2.23. The molecule has 0 N–H and O–H groups in total. The minimum atomic E-state index is -0.906. The van der Waals surface area contributed by atoms with Crippen LogP contribution in [0.25, 0.3) is 0 Å². The summed E-state index contributed by atoms with van der Waals surface area (Å²) in [6.45, 7) is 1.26. The molecular weight excluding hydrogens is 288 g/mol. The lowest BCUT2D eigenvalue weighted by atomic mass is 10.1. The molecule has 1 aromatic rings. The number of esters is 2. The van der Waals surface area contributed by atoms with Gasteiger partial charge in [0, 0.05) is 17.8 Å². The molecule has 1 rings (SSSR count). The van der Waals surface area contributed by atoms with E-state index in [1.54, 1.807) is 0 Å². The summed E-state index contributed by atoms with van der Waals surface area (Å²) in [7, 11) is 1.26.